The summed E-state index contributed by atoms with van der Waals surface area (Å²) in [5.41, 5.74) is 2.40. The second kappa shape index (κ2) is 12.1. The predicted molar refractivity (Wildman–Crippen MR) is 115 cm³/mol. The number of guanidine groups is 1. The average molecular weight is 403 g/mol. The minimum absolute atomic E-state index is 0.464. The molecule has 2 aromatic rings. The van der Waals surface area contributed by atoms with Crippen molar-refractivity contribution in [1.29, 1.82) is 0 Å². The van der Waals surface area contributed by atoms with Crippen LogP contribution in [0.5, 0.6) is 5.75 Å². The van der Waals surface area contributed by atoms with Crippen molar-refractivity contribution in [1.82, 2.24) is 25.4 Å². The Labute approximate surface area is 173 Å². The van der Waals surface area contributed by atoms with Gasteiger partial charge in [0.05, 0.1) is 7.11 Å². The van der Waals surface area contributed by atoms with Gasteiger partial charge in [0, 0.05) is 33.4 Å². The normalized spacial score (nSPS) is 11.6. The fraction of sp³-hybridized carbons (Fsp3) is 0.571. The van der Waals surface area contributed by atoms with Crippen LogP contribution in [-0.2, 0) is 24.8 Å². The third-order valence-electron chi connectivity index (χ3n) is 4.65. The summed E-state index contributed by atoms with van der Waals surface area (Å²) in [5, 5.41) is 15.1. The standard InChI is InChI=1S/C21H34N6O2/c1-6-29-13-7-11-22-21(24-15-20-26-25-17(3)27(20)4)23-12-10-18-14-16(2)8-9-19(18)28-5/h8-9,14H,6-7,10-13,15H2,1-5H3,(H2,22,23,24). The van der Waals surface area contributed by atoms with Gasteiger partial charge in [-0.25, -0.2) is 4.99 Å². The van der Waals surface area contributed by atoms with Gasteiger partial charge in [0.25, 0.3) is 0 Å². The molecule has 0 amide bonds. The Morgan fingerprint density at radius 1 is 1.17 bits per heavy atom. The smallest absolute Gasteiger partial charge is 0.191 e. The van der Waals surface area contributed by atoms with Crippen LogP contribution in [0.2, 0.25) is 0 Å². The lowest BCUT2D eigenvalue weighted by atomic mass is 10.1. The number of aryl methyl sites for hydroxylation is 2. The van der Waals surface area contributed by atoms with Crippen LogP contribution in [0, 0.1) is 13.8 Å². The molecular weight excluding hydrogens is 368 g/mol. The van der Waals surface area contributed by atoms with Gasteiger partial charge in [-0.2, -0.15) is 0 Å². The molecule has 0 atom stereocenters. The maximum Gasteiger partial charge on any atom is 0.191 e. The fourth-order valence-electron chi connectivity index (χ4n) is 2.86. The zero-order valence-corrected chi connectivity index (χ0v) is 18.3. The number of ether oxygens (including phenoxy) is 2. The first kappa shape index (κ1) is 22.7. The summed E-state index contributed by atoms with van der Waals surface area (Å²) in [6.45, 7) is 9.50. The van der Waals surface area contributed by atoms with E-state index in [-0.39, 0.29) is 0 Å². The Kier molecular flexibility index (Phi) is 9.43. The summed E-state index contributed by atoms with van der Waals surface area (Å²) >= 11 is 0. The number of aliphatic imine (C=N–C) groups is 1. The van der Waals surface area contributed by atoms with E-state index >= 15 is 0 Å². The quantitative estimate of drug-likeness (QED) is 0.340. The number of rotatable bonds is 11. The molecule has 0 unspecified atom stereocenters. The molecule has 1 aromatic carbocycles. The van der Waals surface area contributed by atoms with E-state index in [0.29, 0.717) is 6.54 Å². The molecule has 8 heteroatoms. The molecule has 0 aliphatic rings. The highest BCUT2D eigenvalue weighted by Gasteiger charge is 2.07. The van der Waals surface area contributed by atoms with Crippen LogP contribution in [0.15, 0.2) is 23.2 Å². The Hall–Kier alpha value is -2.61. The number of aromatic nitrogens is 3. The van der Waals surface area contributed by atoms with Crippen LogP contribution < -0.4 is 15.4 Å². The van der Waals surface area contributed by atoms with Gasteiger partial charge in [-0.15, -0.1) is 10.2 Å². The summed E-state index contributed by atoms with van der Waals surface area (Å²) in [4.78, 5) is 4.68. The highest BCUT2D eigenvalue weighted by Crippen LogP contribution is 2.19. The van der Waals surface area contributed by atoms with Crippen LogP contribution in [-0.4, -0.2) is 54.1 Å². The van der Waals surface area contributed by atoms with E-state index in [0.717, 1.165) is 62.5 Å². The van der Waals surface area contributed by atoms with Gasteiger partial charge in [-0.3, -0.25) is 0 Å². The fourth-order valence-corrected chi connectivity index (χ4v) is 2.86. The monoisotopic (exact) mass is 402 g/mol. The van der Waals surface area contributed by atoms with Crippen molar-refractivity contribution in [3.05, 3.63) is 41.0 Å². The van der Waals surface area contributed by atoms with Crippen molar-refractivity contribution in [2.75, 3.05) is 33.4 Å². The Balaban J connectivity index is 1.96. The number of hydrogen-bond donors (Lipinski definition) is 2. The molecule has 1 heterocycles. The largest absolute Gasteiger partial charge is 0.496 e. The lowest BCUT2D eigenvalue weighted by Gasteiger charge is -2.14. The number of benzene rings is 1. The van der Waals surface area contributed by atoms with Crippen molar-refractivity contribution in [3.8, 4) is 5.75 Å². The summed E-state index contributed by atoms with van der Waals surface area (Å²) in [5.74, 6) is 3.38. The number of methoxy groups -OCH3 is 1. The van der Waals surface area contributed by atoms with E-state index in [1.165, 1.54) is 11.1 Å². The SMILES string of the molecule is CCOCCCNC(=NCc1nnc(C)n1C)NCCc1cc(C)ccc1OC. The molecule has 29 heavy (non-hydrogen) atoms. The number of hydrogen-bond acceptors (Lipinski definition) is 5. The third-order valence-corrected chi connectivity index (χ3v) is 4.65. The molecule has 0 bridgehead atoms. The summed E-state index contributed by atoms with van der Waals surface area (Å²) in [6, 6.07) is 6.24. The van der Waals surface area contributed by atoms with Crippen molar-refractivity contribution in [2.45, 2.75) is 40.2 Å². The maximum absolute atomic E-state index is 5.48. The predicted octanol–water partition coefficient (Wildman–Crippen LogP) is 2.15. The first-order valence-electron chi connectivity index (χ1n) is 10.1. The van der Waals surface area contributed by atoms with Crippen molar-refractivity contribution in [2.24, 2.45) is 12.0 Å². The van der Waals surface area contributed by atoms with E-state index < -0.39 is 0 Å². The highest BCUT2D eigenvalue weighted by atomic mass is 16.5. The van der Waals surface area contributed by atoms with Gasteiger partial charge in [0.2, 0.25) is 0 Å². The molecule has 0 aliphatic heterocycles. The number of nitrogens with zero attached hydrogens (tertiary/aromatic N) is 4. The average Bonchev–Trinajstić information content (AvgIpc) is 3.03. The van der Waals surface area contributed by atoms with Gasteiger partial charge in [0.1, 0.15) is 18.1 Å². The second-order valence-electron chi connectivity index (χ2n) is 6.86. The minimum Gasteiger partial charge on any atom is -0.496 e. The first-order valence-corrected chi connectivity index (χ1v) is 10.1. The first-order chi connectivity index (χ1) is 14.0. The van der Waals surface area contributed by atoms with E-state index in [9.17, 15) is 0 Å². The highest BCUT2D eigenvalue weighted by molar-refractivity contribution is 5.79. The molecule has 2 N–H and O–H groups in total. The van der Waals surface area contributed by atoms with E-state index in [1.54, 1.807) is 7.11 Å². The van der Waals surface area contributed by atoms with Gasteiger partial charge in [-0.1, -0.05) is 17.7 Å². The van der Waals surface area contributed by atoms with Crippen LogP contribution in [0.4, 0.5) is 0 Å². The van der Waals surface area contributed by atoms with Crippen LogP contribution >= 0.6 is 0 Å². The molecule has 1 aromatic heterocycles. The topological polar surface area (TPSA) is 85.6 Å². The van der Waals surface area contributed by atoms with Crippen LogP contribution in [0.3, 0.4) is 0 Å². The Bertz CT molecular complexity index is 787. The van der Waals surface area contributed by atoms with Crippen molar-refractivity contribution >= 4 is 5.96 Å². The molecule has 0 radical (unpaired) electrons. The van der Waals surface area contributed by atoms with Gasteiger partial charge >= 0.3 is 0 Å². The second-order valence-corrected chi connectivity index (χ2v) is 6.86. The van der Waals surface area contributed by atoms with E-state index in [4.69, 9.17) is 9.47 Å². The van der Waals surface area contributed by atoms with E-state index in [2.05, 4.69) is 44.9 Å². The summed E-state index contributed by atoms with van der Waals surface area (Å²) < 4.78 is 12.8. The molecule has 0 saturated carbocycles. The molecular formula is C21H34N6O2. The van der Waals surface area contributed by atoms with Gasteiger partial charge in [0.15, 0.2) is 11.8 Å². The molecule has 0 fully saturated rings. The number of nitrogens with one attached hydrogen (secondary N) is 2. The van der Waals surface area contributed by atoms with Crippen LogP contribution in [0.25, 0.3) is 0 Å². The van der Waals surface area contributed by atoms with Crippen molar-refractivity contribution in [3.63, 3.8) is 0 Å². The van der Waals surface area contributed by atoms with Gasteiger partial charge < -0.3 is 24.7 Å². The molecule has 0 saturated heterocycles. The molecule has 2 rings (SSSR count). The lowest BCUT2D eigenvalue weighted by molar-refractivity contribution is 0.145. The molecule has 8 nitrogen and oxygen atoms in total. The zero-order valence-electron chi connectivity index (χ0n) is 18.3. The van der Waals surface area contributed by atoms with Crippen LogP contribution in [0.1, 0.15) is 36.1 Å². The Morgan fingerprint density at radius 3 is 2.66 bits per heavy atom. The maximum atomic E-state index is 5.48. The molecule has 0 spiro atoms. The Morgan fingerprint density at radius 2 is 1.97 bits per heavy atom. The molecule has 160 valence electrons. The summed E-state index contributed by atoms with van der Waals surface area (Å²) in [6.07, 6.45) is 1.76. The minimum atomic E-state index is 0.464. The zero-order chi connectivity index (χ0) is 21.1. The van der Waals surface area contributed by atoms with Crippen molar-refractivity contribution < 1.29 is 9.47 Å². The van der Waals surface area contributed by atoms with E-state index in [1.807, 2.05) is 31.5 Å². The lowest BCUT2D eigenvalue weighted by Crippen LogP contribution is -2.39. The molecule has 0 aliphatic carbocycles. The third kappa shape index (κ3) is 7.38. The summed E-state index contributed by atoms with van der Waals surface area (Å²) in [7, 11) is 3.66. The van der Waals surface area contributed by atoms with Gasteiger partial charge in [-0.05, 0) is 45.2 Å².